The molecule has 0 bridgehead atoms. The Morgan fingerprint density at radius 1 is 1.11 bits per heavy atom. The summed E-state index contributed by atoms with van der Waals surface area (Å²) in [6, 6.07) is 2.09. The molecular weight excluding hydrogens is 344 g/mol. The van der Waals surface area contributed by atoms with Gasteiger partial charge >= 0.3 is 0 Å². The molecule has 1 N–H and O–H groups in total. The zero-order chi connectivity index (χ0) is 19.5. The van der Waals surface area contributed by atoms with Gasteiger partial charge in [0.1, 0.15) is 0 Å². The van der Waals surface area contributed by atoms with E-state index in [-0.39, 0.29) is 11.5 Å². The van der Waals surface area contributed by atoms with E-state index in [9.17, 15) is 5.11 Å². The van der Waals surface area contributed by atoms with Crippen molar-refractivity contribution in [1.29, 1.82) is 0 Å². The van der Waals surface area contributed by atoms with Crippen molar-refractivity contribution in [2.45, 2.75) is 91.2 Å². The third kappa shape index (κ3) is 2.68. The molecule has 3 heteroatoms. The molecule has 4 fully saturated rings. The molecule has 0 aromatic carbocycles. The number of aliphatic hydroxyl groups excluding tert-OH is 1. The van der Waals surface area contributed by atoms with Crippen LogP contribution >= 0.6 is 0 Å². The van der Waals surface area contributed by atoms with Gasteiger partial charge in [-0.2, -0.15) is 5.10 Å². The van der Waals surface area contributed by atoms with E-state index in [0.29, 0.717) is 11.3 Å². The fourth-order valence-electron chi connectivity index (χ4n) is 8.11. The quantitative estimate of drug-likeness (QED) is 0.713. The van der Waals surface area contributed by atoms with E-state index in [2.05, 4.69) is 38.0 Å². The smallest absolute Gasteiger partial charge is 0.0851 e. The van der Waals surface area contributed by atoms with E-state index in [0.717, 1.165) is 36.4 Å². The molecule has 0 unspecified atom stereocenters. The summed E-state index contributed by atoms with van der Waals surface area (Å²) in [4.78, 5) is 0. The summed E-state index contributed by atoms with van der Waals surface area (Å²) >= 11 is 0. The Hall–Kier alpha value is -1.09. The van der Waals surface area contributed by atoms with Gasteiger partial charge in [-0.15, -0.1) is 0 Å². The summed E-state index contributed by atoms with van der Waals surface area (Å²) in [7, 11) is 0. The van der Waals surface area contributed by atoms with Crippen molar-refractivity contribution in [3.63, 3.8) is 0 Å². The third-order valence-corrected chi connectivity index (χ3v) is 9.77. The van der Waals surface area contributed by atoms with Crippen molar-refractivity contribution < 1.29 is 5.11 Å². The molecule has 7 atom stereocenters. The van der Waals surface area contributed by atoms with Gasteiger partial charge in [-0.1, -0.05) is 26.7 Å². The lowest BCUT2D eigenvalue weighted by Gasteiger charge is -2.60. The third-order valence-electron chi connectivity index (χ3n) is 9.77. The van der Waals surface area contributed by atoms with E-state index in [1.54, 1.807) is 0 Å². The molecule has 4 aliphatic rings. The van der Waals surface area contributed by atoms with Crippen LogP contribution in [0.25, 0.3) is 6.08 Å². The first-order valence-corrected chi connectivity index (χ1v) is 11.9. The highest BCUT2D eigenvalue weighted by Gasteiger charge is 2.60. The molecule has 1 heterocycles. The largest absolute Gasteiger partial charge is 0.388 e. The first kappa shape index (κ1) is 18.9. The molecule has 0 amide bonds. The Morgan fingerprint density at radius 3 is 2.75 bits per heavy atom. The number of aliphatic hydroxyl groups is 1. The van der Waals surface area contributed by atoms with Crippen LogP contribution in [0.5, 0.6) is 0 Å². The van der Waals surface area contributed by atoms with Crippen molar-refractivity contribution >= 4 is 6.08 Å². The highest BCUT2D eigenvalue weighted by Crippen LogP contribution is 2.66. The molecule has 1 aromatic rings. The number of aryl methyl sites for hydroxylation is 1. The van der Waals surface area contributed by atoms with E-state index in [4.69, 9.17) is 0 Å². The second kappa shape index (κ2) is 6.72. The second-order valence-corrected chi connectivity index (χ2v) is 10.9. The fraction of sp³-hybridized carbons (Fsp3) is 0.800. The zero-order valence-electron chi connectivity index (χ0n) is 18.0. The Kier molecular flexibility index (Phi) is 4.54. The summed E-state index contributed by atoms with van der Waals surface area (Å²) in [6.07, 6.45) is 16.2. The van der Waals surface area contributed by atoms with Crippen molar-refractivity contribution in [2.75, 3.05) is 0 Å². The van der Waals surface area contributed by atoms with Gasteiger partial charge in [0, 0.05) is 18.2 Å². The normalized spacial score (nSPS) is 46.9. The number of fused-ring (bicyclic) bond motifs is 5. The monoisotopic (exact) mass is 382 g/mol. The number of rotatable bonds is 2. The molecule has 4 aliphatic carbocycles. The molecule has 1 aromatic heterocycles. The molecule has 3 nitrogen and oxygen atoms in total. The first-order chi connectivity index (χ1) is 13.5. The minimum absolute atomic E-state index is 0.0676. The summed E-state index contributed by atoms with van der Waals surface area (Å²) in [6.45, 7) is 8.04. The second-order valence-electron chi connectivity index (χ2n) is 10.9. The lowest BCUT2D eigenvalue weighted by molar-refractivity contribution is -0.119. The number of aromatic nitrogens is 2. The lowest BCUT2D eigenvalue weighted by Crippen LogP contribution is -2.53. The number of nitrogens with zero attached hydrogens (tertiary/aromatic N) is 2. The average molecular weight is 383 g/mol. The summed E-state index contributed by atoms with van der Waals surface area (Å²) in [5.41, 5.74) is 2.89. The number of hydrogen-bond donors (Lipinski definition) is 1. The Morgan fingerprint density at radius 2 is 1.96 bits per heavy atom. The van der Waals surface area contributed by atoms with Gasteiger partial charge in [0.2, 0.25) is 0 Å². The SMILES string of the molecule is CCn1ccc(/C=C2/C[C@H]3[C@@H]4CC[C@H]5CCCC[C@]5(C)[C@H]4CC[C@]3(C)[C@H]2O)n1. The van der Waals surface area contributed by atoms with Crippen LogP contribution in [0.4, 0.5) is 0 Å². The van der Waals surface area contributed by atoms with Crippen LogP contribution in [0, 0.1) is 34.5 Å². The lowest BCUT2D eigenvalue weighted by atomic mass is 9.45. The average Bonchev–Trinajstić information content (AvgIpc) is 3.25. The molecule has 28 heavy (non-hydrogen) atoms. The molecule has 4 saturated carbocycles. The van der Waals surface area contributed by atoms with Gasteiger partial charge in [0.05, 0.1) is 11.8 Å². The molecule has 0 saturated heterocycles. The van der Waals surface area contributed by atoms with Crippen molar-refractivity contribution in [3.05, 3.63) is 23.5 Å². The van der Waals surface area contributed by atoms with Crippen LogP contribution in [-0.4, -0.2) is 21.0 Å². The van der Waals surface area contributed by atoms with Crippen LogP contribution in [0.15, 0.2) is 17.8 Å². The fourth-order valence-corrected chi connectivity index (χ4v) is 8.11. The minimum Gasteiger partial charge on any atom is -0.388 e. The van der Waals surface area contributed by atoms with E-state index in [1.807, 2.05) is 10.9 Å². The van der Waals surface area contributed by atoms with E-state index in [1.165, 1.54) is 56.9 Å². The van der Waals surface area contributed by atoms with Gasteiger partial charge in [-0.25, -0.2) is 0 Å². The highest BCUT2D eigenvalue weighted by molar-refractivity contribution is 5.52. The molecule has 0 spiro atoms. The molecule has 0 radical (unpaired) electrons. The Bertz CT molecular complexity index is 766. The van der Waals surface area contributed by atoms with E-state index < -0.39 is 0 Å². The maximum atomic E-state index is 11.4. The van der Waals surface area contributed by atoms with Crippen LogP contribution in [0.2, 0.25) is 0 Å². The van der Waals surface area contributed by atoms with Crippen molar-refractivity contribution in [2.24, 2.45) is 34.5 Å². The predicted molar refractivity (Wildman–Crippen MR) is 114 cm³/mol. The zero-order valence-corrected chi connectivity index (χ0v) is 18.0. The van der Waals surface area contributed by atoms with Crippen LogP contribution in [0.1, 0.15) is 84.3 Å². The molecular formula is C25H38N2O. The minimum atomic E-state index is -0.290. The van der Waals surface area contributed by atoms with Gasteiger partial charge in [-0.3, -0.25) is 4.68 Å². The van der Waals surface area contributed by atoms with Crippen LogP contribution in [-0.2, 0) is 6.54 Å². The maximum Gasteiger partial charge on any atom is 0.0851 e. The van der Waals surface area contributed by atoms with Crippen molar-refractivity contribution in [1.82, 2.24) is 9.78 Å². The molecule has 154 valence electrons. The van der Waals surface area contributed by atoms with Crippen molar-refractivity contribution in [3.8, 4) is 0 Å². The number of hydrogen-bond acceptors (Lipinski definition) is 2. The highest BCUT2D eigenvalue weighted by atomic mass is 16.3. The molecule has 5 rings (SSSR count). The van der Waals surface area contributed by atoms with Gasteiger partial charge in [0.25, 0.3) is 0 Å². The Labute approximate surface area is 170 Å². The Balaban J connectivity index is 1.44. The molecule has 0 aliphatic heterocycles. The van der Waals surface area contributed by atoms with Gasteiger partial charge in [0.15, 0.2) is 0 Å². The first-order valence-electron chi connectivity index (χ1n) is 11.9. The standard InChI is InChI=1S/C25H38N2O/c1-4-27-14-11-19(26-27)15-17-16-22-20-9-8-18-7-5-6-12-24(18,2)21(20)10-13-25(22,3)23(17)28/h11,14-15,18,20-23,28H,4-10,12-13,16H2,1-3H3/b17-15-/t18-,20-,21+,22+,23+,24+,25+/m1/s1. The summed E-state index contributed by atoms with van der Waals surface area (Å²) in [5, 5.41) is 16.0. The van der Waals surface area contributed by atoms with Gasteiger partial charge < -0.3 is 5.11 Å². The summed E-state index contributed by atoms with van der Waals surface area (Å²) in [5.74, 6) is 3.31. The topological polar surface area (TPSA) is 38.0 Å². The predicted octanol–water partition coefficient (Wildman–Crippen LogP) is 5.69. The van der Waals surface area contributed by atoms with Crippen LogP contribution < -0.4 is 0 Å². The maximum absolute atomic E-state index is 11.4. The van der Waals surface area contributed by atoms with Gasteiger partial charge in [-0.05, 0) is 98.7 Å². The van der Waals surface area contributed by atoms with E-state index >= 15 is 0 Å². The van der Waals surface area contributed by atoms with Crippen LogP contribution in [0.3, 0.4) is 0 Å². The summed E-state index contributed by atoms with van der Waals surface area (Å²) < 4.78 is 1.98.